The van der Waals surface area contributed by atoms with E-state index in [1.165, 1.54) is 11.2 Å². The molecule has 1 heterocycles. The molecule has 3 rings (SSSR count). The van der Waals surface area contributed by atoms with Gasteiger partial charge in [-0.2, -0.15) is 10.1 Å². The van der Waals surface area contributed by atoms with Crippen LogP contribution in [0.15, 0.2) is 58.6 Å². The zero-order chi connectivity index (χ0) is 18.0. The third-order valence-electron chi connectivity index (χ3n) is 4.01. The molecule has 0 saturated heterocycles. The van der Waals surface area contributed by atoms with Crippen LogP contribution in [0.5, 0.6) is 0 Å². The number of aromatic carboxylic acids is 1. The molecule has 6 heteroatoms. The summed E-state index contributed by atoms with van der Waals surface area (Å²) in [6, 6.07) is 14.2. The van der Waals surface area contributed by atoms with Gasteiger partial charge in [-0.25, -0.2) is 4.79 Å². The number of hydrazone groups is 1. The molecule has 0 spiro atoms. The number of carboxylic acids is 1. The van der Waals surface area contributed by atoms with Crippen molar-refractivity contribution in [2.75, 3.05) is 5.01 Å². The quantitative estimate of drug-likeness (QED) is 0.869. The van der Waals surface area contributed by atoms with Crippen molar-refractivity contribution < 1.29 is 14.7 Å². The maximum atomic E-state index is 12.6. The van der Waals surface area contributed by atoms with E-state index in [1.807, 2.05) is 18.2 Å². The zero-order valence-corrected chi connectivity index (χ0v) is 13.9. The van der Waals surface area contributed by atoms with Crippen LogP contribution in [0.4, 0.5) is 11.4 Å². The number of benzene rings is 2. The molecule has 2 aromatic carbocycles. The van der Waals surface area contributed by atoms with E-state index in [9.17, 15) is 14.7 Å². The van der Waals surface area contributed by atoms with Gasteiger partial charge < -0.3 is 5.11 Å². The highest BCUT2D eigenvalue weighted by Gasteiger charge is 2.33. The van der Waals surface area contributed by atoms with Crippen molar-refractivity contribution in [1.82, 2.24) is 0 Å². The average molecular weight is 335 g/mol. The molecule has 1 unspecified atom stereocenters. The summed E-state index contributed by atoms with van der Waals surface area (Å²) in [6.07, 6.45) is 1.46. The lowest BCUT2D eigenvalue weighted by atomic mass is 10.1. The van der Waals surface area contributed by atoms with Crippen molar-refractivity contribution in [3.05, 3.63) is 59.7 Å². The number of rotatable bonds is 4. The molecule has 25 heavy (non-hydrogen) atoms. The Balaban J connectivity index is 1.89. The Morgan fingerprint density at radius 3 is 2.56 bits per heavy atom. The Morgan fingerprint density at radius 1 is 1.16 bits per heavy atom. The van der Waals surface area contributed by atoms with E-state index in [1.54, 1.807) is 44.2 Å². The monoisotopic (exact) mass is 335 g/mol. The molecule has 6 nitrogen and oxygen atoms in total. The van der Waals surface area contributed by atoms with Gasteiger partial charge in [0.05, 0.1) is 22.6 Å². The largest absolute Gasteiger partial charge is 0.478 e. The predicted molar refractivity (Wildman–Crippen MR) is 96.8 cm³/mol. The molecule has 0 radical (unpaired) electrons. The highest BCUT2D eigenvalue weighted by atomic mass is 16.4. The molecular weight excluding hydrogens is 318 g/mol. The third-order valence-corrected chi connectivity index (χ3v) is 4.01. The maximum absolute atomic E-state index is 12.6. The molecule has 126 valence electrons. The van der Waals surface area contributed by atoms with Gasteiger partial charge in [0, 0.05) is 6.21 Å². The van der Waals surface area contributed by atoms with Gasteiger partial charge in [0.2, 0.25) is 0 Å². The van der Waals surface area contributed by atoms with Crippen molar-refractivity contribution in [2.45, 2.75) is 13.8 Å². The van der Waals surface area contributed by atoms with Crippen LogP contribution in [0.2, 0.25) is 0 Å². The zero-order valence-electron chi connectivity index (χ0n) is 13.9. The SMILES string of the molecule is CC1=NN(c2ccccc2)C(=O)C1C=Nc1cccc(C)c1C(=O)O. The van der Waals surface area contributed by atoms with E-state index in [4.69, 9.17) is 0 Å². The number of nitrogens with zero attached hydrogens (tertiary/aromatic N) is 3. The molecule has 1 amide bonds. The first-order valence-electron chi connectivity index (χ1n) is 7.80. The van der Waals surface area contributed by atoms with Gasteiger partial charge in [-0.15, -0.1) is 0 Å². The highest BCUT2D eigenvalue weighted by molar-refractivity contribution is 6.23. The van der Waals surface area contributed by atoms with E-state index >= 15 is 0 Å². The molecule has 0 aromatic heterocycles. The summed E-state index contributed by atoms with van der Waals surface area (Å²) in [5, 5.41) is 15.0. The van der Waals surface area contributed by atoms with Gasteiger partial charge in [-0.1, -0.05) is 30.3 Å². The first kappa shape index (κ1) is 16.6. The summed E-state index contributed by atoms with van der Waals surface area (Å²) in [5.74, 6) is -1.86. The van der Waals surface area contributed by atoms with Crippen molar-refractivity contribution in [3.63, 3.8) is 0 Å². The average Bonchev–Trinajstić information content (AvgIpc) is 2.87. The molecule has 1 aliphatic rings. The number of amides is 1. The summed E-state index contributed by atoms with van der Waals surface area (Å²) in [7, 11) is 0. The van der Waals surface area contributed by atoms with Gasteiger partial charge in [0.25, 0.3) is 5.91 Å². The number of carbonyl (C=O) groups is 2. The van der Waals surface area contributed by atoms with Crippen molar-refractivity contribution in [3.8, 4) is 0 Å². The van der Waals surface area contributed by atoms with Gasteiger partial charge in [-0.3, -0.25) is 9.79 Å². The van der Waals surface area contributed by atoms with Crippen LogP contribution in [0.1, 0.15) is 22.8 Å². The molecule has 2 aromatic rings. The molecule has 0 bridgehead atoms. The molecule has 0 fully saturated rings. The maximum Gasteiger partial charge on any atom is 0.338 e. The fourth-order valence-corrected chi connectivity index (χ4v) is 2.70. The topological polar surface area (TPSA) is 82.3 Å². The molecule has 1 aliphatic heterocycles. The third kappa shape index (κ3) is 3.19. The summed E-state index contributed by atoms with van der Waals surface area (Å²) < 4.78 is 0. The number of anilines is 1. The van der Waals surface area contributed by atoms with Crippen LogP contribution in [0.3, 0.4) is 0 Å². The van der Waals surface area contributed by atoms with E-state index in [2.05, 4.69) is 10.1 Å². The number of hydrogen-bond acceptors (Lipinski definition) is 4. The Kier molecular flexibility index (Phi) is 4.43. The van der Waals surface area contributed by atoms with Crippen molar-refractivity contribution >= 4 is 35.2 Å². The minimum Gasteiger partial charge on any atom is -0.478 e. The number of para-hydroxylation sites is 1. The van der Waals surface area contributed by atoms with E-state index in [0.717, 1.165) is 0 Å². The Hall–Kier alpha value is -3.28. The molecule has 1 N–H and O–H groups in total. The minimum absolute atomic E-state index is 0.138. The van der Waals surface area contributed by atoms with Crippen LogP contribution < -0.4 is 5.01 Å². The Morgan fingerprint density at radius 2 is 1.88 bits per heavy atom. The van der Waals surface area contributed by atoms with Crippen LogP contribution in [0, 0.1) is 12.8 Å². The summed E-state index contributed by atoms with van der Waals surface area (Å²) in [4.78, 5) is 28.3. The standard InChI is InChI=1S/C19H17N3O3/c1-12-7-6-10-16(17(12)19(24)25)20-11-15-13(2)21-22(18(15)23)14-8-4-3-5-9-14/h3-11,15H,1-2H3,(H,24,25). The van der Waals surface area contributed by atoms with Gasteiger partial charge in [0.1, 0.15) is 5.92 Å². The van der Waals surface area contributed by atoms with E-state index < -0.39 is 11.9 Å². The summed E-state index contributed by atoms with van der Waals surface area (Å²) in [5.41, 5.74) is 2.38. The van der Waals surface area contributed by atoms with Crippen LogP contribution in [-0.2, 0) is 4.79 Å². The minimum atomic E-state index is -1.04. The number of carboxylic acid groups (broad SMARTS) is 1. The second kappa shape index (κ2) is 6.68. The second-order valence-electron chi connectivity index (χ2n) is 5.76. The smallest absolute Gasteiger partial charge is 0.338 e. The number of aliphatic imine (C=N–C) groups is 1. The van der Waals surface area contributed by atoms with E-state index in [-0.39, 0.29) is 11.5 Å². The van der Waals surface area contributed by atoms with Gasteiger partial charge >= 0.3 is 5.97 Å². The molecule has 0 aliphatic carbocycles. The fourth-order valence-electron chi connectivity index (χ4n) is 2.70. The number of hydrogen-bond donors (Lipinski definition) is 1. The number of aryl methyl sites for hydroxylation is 1. The summed E-state index contributed by atoms with van der Waals surface area (Å²) in [6.45, 7) is 3.47. The predicted octanol–water partition coefficient (Wildman–Crippen LogP) is 3.43. The Labute approximate surface area is 145 Å². The van der Waals surface area contributed by atoms with Gasteiger partial charge in [0.15, 0.2) is 0 Å². The fraction of sp³-hybridized carbons (Fsp3) is 0.158. The normalized spacial score (nSPS) is 17.2. The van der Waals surface area contributed by atoms with Gasteiger partial charge in [-0.05, 0) is 37.6 Å². The van der Waals surface area contributed by atoms with Crippen LogP contribution >= 0.6 is 0 Å². The van der Waals surface area contributed by atoms with Crippen molar-refractivity contribution in [2.24, 2.45) is 16.0 Å². The first-order valence-corrected chi connectivity index (χ1v) is 7.80. The lowest BCUT2D eigenvalue weighted by molar-refractivity contribution is -0.118. The number of carbonyl (C=O) groups excluding carboxylic acids is 1. The molecule has 0 saturated carbocycles. The molecule has 1 atom stereocenters. The summed E-state index contributed by atoms with van der Waals surface area (Å²) >= 11 is 0. The van der Waals surface area contributed by atoms with Crippen LogP contribution in [0.25, 0.3) is 0 Å². The highest BCUT2D eigenvalue weighted by Crippen LogP contribution is 2.25. The lowest BCUT2D eigenvalue weighted by Crippen LogP contribution is -2.27. The van der Waals surface area contributed by atoms with Crippen molar-refractivity contribution in [1.29, 1.82) is 0 Å². The molecular formula is C19H17N3O3. The first-order chi connectivity index (χ1) is 12.0. The van der Waals surface area contributed by atoms with Crippen LogP contribution in [-0.4, -0.2) is 28.9 Å². The Bertz CT molecular complexity index is 888. The second-order valence-corrected chi connectivity index (χ2v) is 5.76. The van der Waals surface area contributed by atoms with E-state index in [0.29, 0.717) is 22.6 Å². The lowest BCUT2D eigenvalue weighted by Gasteiger charge is -2.12.